The predicted octanol–water partition coefficient (Wildman–Crippen LogP) is 3.32. The van der Waals surface area contributed by atoms with Gasteiger partial charge in [0.05, 0.1) is 11.4 Å². The molecule has 0 spiro atoms. The molecule has 2 rings (SSSR count). The number of hydrogen-bond donors (Lipinski definition) is 3. The highest BCUT2D eigenvalue weighted by atomic mass is 19.1. The number of carbonyl (C=O) groups is 1. The smallest absolute Gasteiger partial charge is 0.257 e. The fourth-order valence-corrected chi connectivity index (χ4v) is 2.04. The zero-order valence-electron chi connectivity index (χ0n) is 12.5. The van der Waals surface area contributed by atoms with Crippen LogP contribution in [0.5, 0.6) is 0 Å². The fourth-order valence-electron chi connectivity index (χ4n) is 2.04. The van der Waals surface area contributed by atoms with E-state index in [0.717, 1.165) is 0 Å². The summed E-state index contributed by atoms with van der Waals surface area (Å²) in [6.45, 7) is 3.82. The Morgan fingerprint density at radius 1 is 1.09 bits per heavy atom. The summed E-state index contributed by atoms with van der Waals surface area (Å²) < 4.78 is 13.4. The van der Waals surface area contributed by atoms with E-state index in [2.05, 4.69) is 10.6 Å². The number of benzene rings is 2. The minimum Gasteiger partial charge on any atom is -0.381 e. The molecule has 1 amide bonds. The molecule has 0 heterocycles. The van der Waals surface area contributed by atoms with Crippen molar-refractivity contribution in [3.05, 3.63) is 59.9 Å². The first kappa shape index (κ1) is 16.0. The topological polar surface area (TPSA) is 61.4 Å². The molecular weight excluding hydrogens is 283 g/mol. The Hall–Kier alpha value is -2.40. The maximum Gasteiger partial charge on any atom is 0.257 e. The van der Waals surface area contributed by atoms with Crippen molar-refractivity contribution in [3.8, 4) is 0 Å². The average Bonchev–Trinajstić information content (AvgIpc) is 2.49. The van der Waals surface area contributed by atoms with E-state index in [4.69, 9.17) is 0 Å². The van der Waals surface area contributed by atoms with Crippen molar-refractivity contribution in [2.24, 2.45) is 0 Å². The molecule has 2 aromatic rings. The Morgan fingerprint density at radius 2 is 1.77 bits per heavy atom. The van der Waals surface area contributed by atoms with E-state index < -0.39 is 17.8 Å². The van der Waals surface area contributed by atoms with Gasteiger partial charge in [0, 0.05) is 6.04 Å². The Labute approximate surface area is 129 Å². The van der Waals surface area contributed by atoms with Crippen LogP contribution in [-0.4, -0.2) is 17.1 Å². The Kier molecular flexibility index (Phi) is 5.12. The van der Waals surface area contributed by atoms with Gasteiger partial charge in [0.25, 0.3) is 5.91 Å². The number of nitrogens with one attached hydrogen (secondary N) is 2. The molecule has 0 radical (unpaired) electrons. The van der Waals surface area contributed by atoms with Gasteiger partial charge in [0.1, 0.15) is 5.82 Å². The summed E-state index contributed by atoms with van der Waals surface area (Å²) in [5.41, 5.74) is 1.40. The minimum atomic E-state index is -1.28. The zero-order valence-corrected chi connectivity index (χ0v) is 12.5. The highest BCUT2D eigenvalue weighted by Crippen LogP contribution is 2.25. The SMILES string of the molecule is CC(C)Nc1cc(F)ccc1NC(=O)[C@H](O)c1ccccc1. The summed E-state index contributed by atoms with van der Waals surface area (Å²) >= 11 is 0. The molecule has 2 aromatic carbocycles. The van der Waals surface area contributed by atoms with E-state index in [1.807, 2.05) is 13.8 Å². The van der Waals surface area contributed by atoms with E-state index in [0.29, 0.717) is 16.9 Å². The molecule has 22 heavy (non-hydrogen) atoms. The highest BCUT2D eigenvalue weighted by Gasteiger charge is 2.18. The standard InChI is InChI=1S/C17H19FN2O2/c1-11(2)19-15-10-13(18)8-9-14(15)20-17(22)16(21)12-6-4-3-5-7-12/h3-11,16,19,21H,1-2H3,(H,20,22)/t16-/m1/s1. The van der Waals surface area contributed by atoms with Crippen LogP contribution >= 0.6 is 0 Å². The molecular formula is C17H19FN2O2. The third-order valence-electron chi connectivity index (χ3n) is 3.05. The van der Waals surface area contributed by atoms with Crippen molar-refractivity contribution in [3.63, 3.8) is 0 Å². The number of hydrogen-bond acceptors (Lipinski definition) is 3. The second kappa shape index (κ2) is 7.04. The summed E-state index contributed by atoms with van der Waals surface area (Å²) in [6, 6.07) is 12.8. The van der Waals surface area contributed by atoms with Crippen LogP contribution in [0.15, 0.2) is 48.5 Å². The summed E-state index contributed by atoms with van der Waals surface area (Å²) in [5.74, 6) is -0.964. The van der Waals surface area contributed by atoms with Gasteiger partial charge < -0.3 is 15.7 Å². The van der Waals surface area contributed by atoms with E-state index in [9.17, 15) is 14.3 Å². The monoisotopic (exact) mass is 302 g/mol. The van der Waals surface area contributed by atoms with Crippen molar-refractivity contribution in [1.82, 2.24) is 0 Å². The second-order valence-electron chi connectivity index (χ2n) is 5.29. The number of anilines is 2. The maximum absolute atomic E-state index is 13.4. The van der Waals surface area contributed by atoms with Crippen molar-refractivity contribution < 1.29 is 14.3 Å². The number of amides is 1. The molecule has 0 saturated heterocycles. The molecule has 0 fully saturated rings. The quantitative estimate of drug-likeness (QED) is 0.794. The van der Waals surface area contributed by atoms with E-state index >= 15 is 0 Å². The lowest BCUT2D eigenvalue weighted by atomic mass is 10.1. The Bertz CT molecular complexity index is 644. The molecule has 0 aliphatic rings. The summed E-state index contributed by atoms with van der Waals surface area (Å²) in [5, 5.41) is 15.8. The molecule has 116 valence electrons. The maximum atomic E-state index is 13.4. The van der Waals surface area contributed by atoms with Crippen LogP contribution in [-0.2, 0) is 4.79 Å². The van der Waals surface area contributed by atoms with E-state index in [-0.39, 0.29) is 6.04 Å². The third kappa shape index (κ3) is 4.05. The molecule has 0 aliphatic heterocycles. The zero-order chi connectivity index (χ0) is 16.1. The Morgan fingerprint density at radius 3 is 2.41 bits per heavy atom. The predicted molar refractivity (Wildman–Crippen MR) is 85.2 cm³/mol. The molecule has 3 N–H and O–H groups in total. The number of aliphatic hydroxyl groups excluding tert-OH is 1. The minimum absolute atomic E-state index is 0.0801. The first-order valence-electron chi connectivity index (χ1n) is 7.07. The summed E-state index contributed by atoms with van der Waals surface area (Å²) in [7, 11) is 0. The van der Waals surface area contributed by atoms with E-state index in [1.54, 1.807) is 30.3 Å². The first-order valence-corrected chi connectivity index (χ1v) is 7.07. The molecule has 5 heteroatoms. The summed E-state index contributed by atoms with van der Waals surface area (Å²) in [4.78, 5) is 12.2. The number of carbonyl (C=O) groups excluding carboxylic acids is 1. The van der Waals surface area contributed by atoms with Gasteiger partial charge in [-0.25, -0.2) is 4.39 Å². The van der Waals surface area contributed by atoms with Gasteiger partial charge >= 0.3 is 0 Å². The van der Waals surface area contributed by atoms with E-state index in [1.165, 1.54) is 18.2 Å². The largest absolute Gasteiger partial charge is 0.381 e. The van der Waals surface area contributed by atoms with Crippen LogP contribution in [0.4, 0.5) is 15.8 Å². The highest BCUT2D eigenvalue weighted by molar-refractivity contribution is 5.97. The van der Waals surface area contributed by atoms with Crippen molar-refractivity contribution >= 4 is 17.3 Å². The van der Waals surface area contributed by atoms with Gasteiger partial charge in [0.15, 0.2) is 6.10 Å². The van der Waals surface area contributed by atoms with Crippen molar-refractivity contribution in [2.75, 3.05) is 10.6 Å². The normalized spacial score (nSPS) is 12.0. The molecule has 0 aliphatic carbocycles. The average molecular weight is 302 g/mol. The van der Waals surface area contributed by atoms with Crippen molar-refractivity contribution in [2.45, 2.75) is 26.0 Å². The third-order valence-corrected chi connectivity index (χ3v) is 3.05. The first-order chi connectivity index (χ1) is 10.5. The van der Waals surface area contributed by atoms with Gasteiger partial charge in [0.2, 0.25) is 0 Å². The van der Waals surface area contributed by atoms with Gasteiger partial charge in [-0.05, 0) is 37.6 Å². The van der Waals surface area contributed by atoms with Crippen LogP contribution in [0.25, 0.3) is 0 Å². The number of rotatable bonds is 5. The molecule has 0 unspecified atom stereocenters. The lowest BCUT2D eigenvalue weighted by Gasteiger charge is -2.17. The number of halogens is 1. The van der Waals surface area contributed by atoms with Crippen molar-refractivity contribution in [1.29, 1.82) is 0 Å². The fraction of sp³-hybridized carbons (Fsp3) is 0.235. The Balaban J connectivity index is 2.17. The lowest BCUT2D eigenvalue weighted by Crippen LogP contribution is -2.22. The summed E-state index contributed by atoms with van der Waals surface area (Å²) in [6.07, 6.45) is -1.28. The van der Waals surface area contributed by atoms with Gasteiger partial charge in [-0.2, -0.15) is 0 Å². The van der Waals surface area contributed by atoms with Crippen LogP contribution in [0.1, 0.15) is 25.5 Å². The van der Waals surface area contributed by atoms with Gasteiger partial charge in [-0.1, -0.05) is 30.3 Å². The molecule has 1 atom stereocenters. The molecule has 0 bridgehead atoms. The molecule has 0 aromatic heterocycles. The number of aliphatic hydroxyl groups is 1. The van der Waals surface area contributed by atoms with Crippen LogP contribution in [0.3, 0.4) is 0 Å². The molecule has 4 nitrogen and oxygen atoms in total. The lowest BCUT2D eigenvalue weighted by molar-refractivity contribution is -0.124. The molecule has 0 saturated carbocycles. The second-order valence-corrected chi connectivity index (χ2v) is 5.29. The van der Waals surface area contributed by atoms with Crippen LogP contribution in [0, 0.1) is 5.82 Å². The van der Waals surface area contributed by atoms with Crippen LogP contribution < -0.4 is 10.6 Å². The van der Waals surface area contributed by atoms with Crippen LogP contribution in [0.2, 0.25) is 0 Å². The van der Waals surface area contributed by atoms with Gasteiger partial charge in [-0.3, -0.25) is 4.79 Å². The van der Waals surface area contributed by atoms with Gasteiger partial charge in [-0.15, -0.1) is 0 Å².